The summed E-state index contributed by atoms with van der Waals surface area (Å²) in [5, 5.41) is 20.8. The van der Waals surface area contributed by atoms with Gasteiger partial charge in [-0.25, -0.2) is 4.79 Å². The maximum absolute atomic E-state index is 11.9. The molecule has 0 saturated heterocycles. The summed E-state index contributed by atoms with van der Waals surface area (Å²) in [5.41, 5.74) is 0.0567. The number of furan rings is 1. The van der Waals surface area contributed by atoms with E-state index in [4.69, 9.17) is 9.52 Å². The van der Waals surface area contributed by atoms with Crippen LogP contribution in [0.25, 0.3) is 0 Å². The highest BCUT2D eigenvalue weighted by Gasteiger charge is 2.13. The fourth-order valence-corrected chi connectivity index (χ4v) is 1.67. The summed E-state index contributed by atoms with van der Waals surface area (Å²) >= 11 is 0. The Kier molecular flexibility index (Phi) is 3.74. The van der Waals surface area contributed by atoms with Gasteiger partial charge in [0.15, 0.2) is 5.76 Å². The second kappa shape index (κ2) is 5.48. The molecule has 0 saturated carbocycles. The predicted molar refractivity (Wildman–Crippen MR) is 71.1 cm³/mol. The molecule has 2 rings (SSSR count). The van der Waals surface area contributed by atoms with Gasteiger partial charge in [0.25, 0.3) is 5.91 Å². The number of aromatic hydroxyl groups is 1. The number of phenols is 1. The second-order valence-electron chi connectivity index (χ2n) is 4.11. The molecule has 104 valence electrons. The molecule has 1 amide bonds. The van der Waals surface area contributed by atoms with Crippen molar-refractivity contribution in [2.45, 2.75) is 13.3 Å². The van der Waals surface area contributed by atoms with Crippen molar-refractivity contribution < 1.29 is 24.2 Å². The van der Waals surface area contributed by atoms with Crippen LogP contribution in [-0.4, -0.2) is 22.1 Å². The summed E-state index contributed by atoms with van der Waals surface area (Å²) in [7, 11) is 0. The lowest BCUT2D eigenvalue weighted by atomic mass is 10.2. The lowest BCUT2D eigenvalue weighted by Crippen LogP contribution is -2.11. The molecule has 1 heterocycles. The summed E-state index contributed by atoms with van der Waals surface area (Å²) in [5.74, 6) is -1.27. The normalized spacial score (nSPS) is 10.2. The number of aromatic carboxylic acids is 1. The van der Waals surface area contributed by atoms with Crippen molar-refractivity contribution in [2.75, 3.05) is 5.32 Å². The minimum atomic E-state index is -1.24. The van der Waals surface area contributed by atoms with E-state index in [1.807, 2.05) is 6.92 Å². The standard InChI is InChI=1S/C14H13NO5/c1-2-9-4-6-12(20-9)13(17)15-8-3-5-10(14(18)19)11(16)7-8/h3-7,16H,2H2,1H3,(H,15,17)(H,18,19). The monoisotopic (exact) mass is 275 g/mol. The molecule has 6 heteroatoms. The topological polar surface area (TPSA) is 99.8 Å². The molecule has 6 nitrogen and oxygen atoms in total. The Morgan fingerprint density at radius 2 is 2.00 bits per heavy atom. The predicted octanol–water partition coefficient (Wildman–Crippen LogP) is 2.50. The maximum atomic E-state index is 11.9. The van der Waals surface area contributed by atoms with E-state index in [2.05, 4.69) is 5.32 Å². The fraction of sp³-hybridized carbons (Fsp3) is 0.143. The Morgan fingerprint density at radius 3 is 2.55 bits per heavy atom. The summed E-state index contributed by atoms with van der Waals surface area (Å²) in [6, 6.07) is 7.04. The van der Waals surface area contributed by atoms with Crippen LogP contribution in [0.1, 0.15) is 33.6 Å². The molecule has 0 unspecified atom stereocenters. The zero-order valence-electron chi connectivity index (χ0n) is 10.7. The van der Waals surface area contributed by atoms with Gasteiger partial charge in [-0.3, -0.25) is 4.79 Å². The lowest BCUT2D eigenvalue weighted by Gasteiger charge is -2.05. The van der Waals surface area contributed by atoms with Crippen molar-refractivity contribution in [1.29, 1.82) is 0 Å². The maximum Gasteiger partial charge on any atom is 0.339 e. The number of carbonyl (C=O) groups excluding carboxylic acids is 1. The highest BCUT2D eigenvalue weighted by molar-refractivity contribution is 6.02. The molecule has 0 aliphatic heterocycles. The number of nitrogens with one attached hydrogen (secondary N) is 1. The number of carboxylic acids is 1. The Bertz CT molecular complexity index is 659. The van der Waals surface area contributed by atoms with Gasteiger partial charge in [0.2, 0.25) is 0 Å². The minimum Gasteiger partial charge on any atom is -0.507 e. The summed E-state index contributed by atoms with van der Waals surface area (Å²) < 4.78 is 5.29. The number of hydrogen-bond donors (Lipinski definition) is 3. The molecule has 0 atom stereocenters. The Balaban J connectivity index is 2.15. The Hall–Kier alpha value is -2.76. The largest absolute Gasteiger partial charge is 0.507 e. The van der Waals surface area contributed by atoms with E-state index in [9.17, 15) is 14.7 Å². The van der Waals surface area contributed by atoms with Crippen LogP contribution in [-0.2, 0) is 6.42 Å². The molecule has 0 aliphatic rings. The van der Waals surface area contributed by atoms with Crippen LogP contribution >= 0.6 is 0 Å². The smallest absolute Gasteiger partial charge is 0.339 e. The molecule has 1 aromatic carbocycles. The molecule has 1 aromatic heterocycles. The van der Waals surface area contributed by atoms with Gasteiger partial charge >= 0.3 is 5.97 Å². The quantitative estimate of drug-likeness (QED) is 0.796. The first-order chi connectivity index (χ1) is 9.51. The van der Waals surface area contributed by atoms with Crippen LogP contribution in [0.2, 0.25) is 0 Å². The number of rotatable bonds is 4. The van der Waals surface area contributed by atoms with Gasteiger partial charge in [-0.1, -0.05) is 6.92 Å². The number of amides is 1. The molecule has 0 bridgehead atoms. The number of benzene rings is 1. The molecule has 0 spiro atoms. The second-order valence-corrected chi connectivity index (χ2v) is 4.11. The molecule has 2 aromatic rings. The van der Waals surface area contributed by atoms with Crippen LogP contribution in [0.5, 0.6) is 5.75 Å². The molecule has 0 fully saturated rings. The highest BCUT2D eigenvalue weighted by Crippen LogP contribution is 2.22. The van der Waals surface area contributed by atoms with Crippen LogP contribution in [0, 0.1) is 0 Å². The molecular weight excluding hydrogens is 262 g/mol. The third-order valence-electron chi connectivity index (χ3n) is 2.72. The van der Waals surface area contributed by atoms with Crippen molar-refractivity contribution in [1.82, 2.24) is 0 Å². The van der Waals surface area contributed by atoms with Gasteiger partial charge < -0.3 is 19.9 Å². The van der Waals surface area contributed by atoms with Crippen molar-refractivity contribution >= 4 is 17.6 Å². The van der Waals surface area contributed by atoms with Crippen molar-refractivity contribution in [2.24, 2.45) is 0 Å². The molecule has 20 heavy (non-hydrogen) atoms. The number of carbonyl (C=O) groups is 2. The van der Waals surface area contributed by atoms with E-state index in [-0.39, 0.29) is 17.0 Å². The van der Waals surface area contributed by atoms with E-state index in [1.165, 1.54) is 18.2 Å². The fourth-order valence-electron chi connectivity index (χ4n) is 1.67. The van der Waals surface area contributed by atoms with Crippen molar-refractivity contribution in [3.63, 3.8) is 0 Å². The van der Waals surface area contributed by atoms with E-state index in [0.29, 0.717) is 12.2 Å². The van der Waals surface area contributed by atoms with Gasteiger partial charge in [-0.15, -0.1) is 0 Å². The third-order valence-corrected chi connectivity index (χ3v) is 2.72. The first kappa shape index (κ1) is 13.7. The van der Waals surface area contributed by atoms with Gasteiger partial charge in [0.05, 0.1) is 0 Å². The molecule has 3 N–H and O–H groups in total. The average molecular weight is 275 g/mol. The Labute approximate surface area is 114 Å². The van der Waals surface area contributed by atoms with E-state index in [0.717, 1.165) is 0 Å². The van der Waals surface area contributed by atoms with Gasteiger partial charge in [0.1, 0.15) is 17.1 Å². The number of carboxylic acid groups (broad SMARTS) is 1. The van der Waals surface area contributed by atoms with E-state index < -0.39 is 17.6 Å². The van der Waals surface area contributed by atoms with Crippen LogP contribution in [0.4, 0.5) is 5.69 Å². The third kappa shape index (κ3) is 2.80. The van der Waals surface area contributed by atoms with Crippen LogP contribution in [0.3, 0.4) is 0 Å². The first-order valence-corrected chi connectivity index (χ1v) is 5.97. The molecule has 0 radical (unpaired) electrons. The summed E-state index contributed by atoms with van der Waals surface area (Å²) in [6.07, 6.45) is 0.682. The lowest BCUT2D eigenvalue weighted by molar-refractivity contribution is 0.0693. The van der Waals surface area contributed by atoms with Crippen molar-refractivity contribution in [3.8, 4) is 5.75 Å². The van der Waals surface area contributed by atoms with Gasteiger partial charge in [0, 0.05) is 18.2 Å². The summed E-state index contributed by atoms with van der Waals surface area (Å²) in [6.45, 7) is 1.91. The number of anilines is 1. The van der Waals surface area contributed by atoms with Crippen LogP contribution in [0.15, 0.2) is 34.7 Å². The number of hydrogen-bond acceptors (Lipinski definition) is 4. The molecular formula is C14H13NO5. The zero-order chi connectivity index (χ0) is 14.7. The number of aryl methyl sites for hydroxylation is 1. The van der Waals surface area contributed by atoms with Crippen LogP contribution < -0.4 is 5.32 Å². The summed E-state index contributed by atoms with van der Waals surface area (Å²) in [4.78, 5) is 22.6. The Morgan fingerprint density at radius 1 is 1.25 bits per heavy atom. The zero-order valence-corrected chi connectivity index (χ0v) is 10.7. The van der Waals surface area contributed by atoms with Crippen molar-refractivity contribution in [3.05, 3.63) is 47.4 Å². The van der Waals surface area contributed by atoms with Gasteiger partial charge in [-0.2, -0.15) is 0 Å². The first-order valence-electron chi connectivity index (χ1n) is 5.97. The minimum absolute atomic E-state index is 0.156. The van der Waals surface area contributed by atoms with Gasteiger partial charge in [-0.05, 0) is 24.3 Å². The average Bonchev–Trinajstić information content (AvgIpc) is 2.87. The van der Waals surface area contributed by atoms with E-state index >= 15 is 0 Å². The van der Waals surface area contributed by atoms with E-state index in [1.54, 1.807) is 12.1 Å². The highest BCUT2D eigenvalue weighted by atomic mass is 16.4. The SMILES string of the molecule is CCc1ccc(C(=O)Nc2ccc(C(=O)O)c(O)c2)o1. The molecule has 0 aliphatic carbocycles.